The molecule has 0 fully saturated rings. The number of halogens is 2. The standard InChI is InChI=1S/C11H13Br2NO2/c1-2-16-9-5-3-8(4-6-9)14-11(15)10(13)7-12/h3-6,10H,2,7H2,1H3,(H,14,15). The number of carbonyl (C=O) groups is 1. The minimum Gasteiger partial charge on any atom is -0.494 e. The Morgan fingerprint density at radius 1 is 1.44 bits per heavy atom. The van der Waals surface area contributed by atoms with Crippen LogP contribution in [0.2, 0.25) is 0 Å². The second kappa shape index (κ2) is 6.91. The molecular formula is C11H13Br2NO2. The van der Waals surface area contributed by atoms with E-state index in [4.69, 9.17) is 4.74 Å². The van der Waals surface area contributed by atoms with E-state index < -0.39 is 0 Å². The molecule has 5 heteroatoms. The predicted molar refractivity (Wildman–Crippen MR) is 72.7 cm³/mol. The van der Waals surface area contributed by atoms with Crippen LogP contribution in [0.1, 0.15) is 6.92 Å². The molecule has 0 saturated heterocycles. The molecule has 0 saturated carbocycles. The van der Waals surface area contributed by atoms with Crippen molar-refractivity contribution in [1.82, 2.24) is 0 Å². The lowest BCUT2D eigenvalue weighted by atomic mass is 10.3. The normalized spacial score (nSPS) is 11.9. The number of alkyl halides is 2. The third kappa shape index (κ3) is 4.14. The van der Waals surface area contributed by atoms with Gasteiger partial charge in [-0.2, -0.15) is 0 Å². The molecule has 0 heterocycles. The maximum atomic E-state index is 11.5. The van der Waals surface area contributed by atoms with Gasteiger partial charge in [0.15, 0.2) is 0 Å². The van der Waals surface area contributed by atoms with Crippen molar-refractivity contribution in [3.63, 3.8) is 0 Å². The van der Waals surface area contributed by atoms with E-state index in [1.165, 1.54) is 0 Å². The van der Waals surface area contributed by atoms with Gasteiger partial charge in [0.1, 0.15) is 10.6 Å². The molecule has 0 aromatic heterocycles. The summed E-state index contributed by atoms with van der Waals surface area (Å²) >= 11 is 6.49. The first-order valence-corrected chi connectivity index (χ1v) is 6.94. The molecule has 0 aliphatic rings. The third-order valence-electron chi connectivity index (χ3n) is 1.85. The summed E-state index contributed by atoms with van der Waals surface area (Å²) in [5, 5.41) is 3.37. The second-order valence-electron chi connectivity index (χ2n) is 3.07. The molecule has 0 spiro atoms. The largest absolute Gasteiger partial charge is 0.494 e. The van der Waals surface area contributed by atoms with Gasteiger partial charge < -0.3 is 10.1 Å². The maximum absolute atomic E-state index is 11.5. The summed E-state index contributed by atoms with van der Waals surface area (Å²) in [4.78, 5) is 11.3. The highest BCUT2D eigenvalue weighted by atomic mass is 79.9. The zero-order chi connectivity index (χ0) is 12.0. The minimum absolute atomic E-state index is 0.0685. The van der Waals surface area contributed by atoms with Crippen molar-refractivity contribution in [3.8, 4) is 5.75 Å². The number of amides is 1. The fourth-order valence-electron chi connectivity index (χ4n) is 1.09. The zero-order valence-electron chi connectivity index (χ0n) is 8.87. The van der Waals surface area contributed by atoms with Crippen molar-refractivity contribution in [1.29, 1.82) is 0 Å². The van der Waals surface area contributed by atoms with Crippen LogP contribution < -0.4 is 10.1 Å². The number of rotatable bonds is 5. The number of hydrogen-bond donors (Lipinski definition) is 1. The molecule has 1 rings (SSSR count). The summed E-state index contributed by atoms with van der Waals surface area (Å²) in [6.45, 7) is 2.57. The molecule has 88 valence electrons. The SMILES string of the molecule is CCOc1ccc(NC(=O)C(Br)CBr)cc1. The molecule has 1 unspecified atom stereocenters. The summed E-state index contributed by atoms with van der Waals surface area (Å²) in [5.41, 5.74) is 0.763. The average Bonchev–Trinajstić information content (AvgIpc) is 2.31. The molecule has 0 aliphatic heterocycles. The molecule has 1 atom stereocenters. The summed E-state index contributed by atoms with van der Waals surface area (Å²) in [5.74, 6) is 0.734. The molecule has 3 nitrogen and oxygen atoms in total. The molecule has 1 aromatic carbocycles. The summed E-state index contributed by atoms with van der Waals surface area (Å²) in [7, 11) is 0. The van der Waals surface area contributed by atoms with E-state index in [2.05, 4.69) is 37.2 Å². The number of nitrogens with one attached hydrogen (secondary N) is 1. The number of ether oxygens (including phenoxy) is 1. The van der Waals surface area contributed by atoms with Gasteiger partial charge in [-0.1, -0.05) is 31.9 Å². The lowest BCUT2D eigenvalue weighted by molar-refractivity contribution is -0.115. The monoisotopic (exact) mass is 349 g/mol. The third-order valence-corrected chi connectivity index (χ3v) is 4.11. The van der Waals surface area contributed by atoms with Gasteiger partial charge in [-0.15, -0.1) is 0 Å². The van der Waals surface area contributed by atoms with E-state index in [0.717, 1.165) is 11.4 Å². The molecule has 1 amide bonds. The van der Waals surface area contributed by atoms with Crippen LogP contribution in [0.25, 0.3) is 0 Å². The van der Waals surface area contributed by atoms with E-state index in [0.29, 0.717) is 11.9 Å². The van der Waals surface area contributed by atoms with Gasteiger partial charge in [-0.05, 0) is 31.2 Å². The second-order valence-corrected chi connectivity index (χ2v) is 4.82. The molecular weight excluding hydrogens is 338 g/mol. The van der Waals surface area contributed by atoms with Crippen molar-refractivity contribution in [2.24, 2.45) is 0 Å². The van der Waals surface area contributed by atoms with Gasteiger partial charge in [0.25, 0.3) is 0 Å². The number of carbonyl (C=O) groups excluding carboxylic acids is 1. The molecule has 0 radical (unpaired) electrons. The average molecular weight is 351 g/mol. The van der Waals surface area contributed by atoms with Crippen LogP contribution >= 0.6 is 31.9 Å². The summed E-state index contributed by atoms with van der Waals surface area (Å²) in [6, 6.07) is 7.29. The summed E-state index contributed by atoms with van der Waals surface area (Å²) in [6.07, 6.45) is 0. The molecule has 0 bridgehead atoms. The Bertz CT molecular complexity index is 340. The van der Waals surface area contributed by atoms with Crippen LogP contribution in [0.4, 0.5) is 5.69 Å². The van der Waals surface area contributed by atoms with E-state index in [1.807, 2.05) is 31.2 Å². The Hall–Kier alpha value is -0.550. The van der Waals surface area contributed by atoms with Gasteiger partial charge in [-0.25, -0.2) is 0 Å². The maximum Gasteiger partial charge on any atom is 0.239 e. The van der Waals surface area contributed by atoms with Gasteiger partial charge in [0.05, 0.1) is 6.61 Å². The molecule has 16 heavy (non-hydrogen) atoms. The van der Waals surface area contributed by atoms with Crippen LogP contribution in [0.15, 0.2) is 24.3 Å². The lowest BCUT2D eigenvalue weighted by Crippen LogP contribution is -2.23. The Morgan fingerprint density at radius 3 is 2.56 bits per heavy atom. The lowest BCUT2D eigenvalue weighted by Gasteiger charge is -2.09. The first kappa shape index (κ1) is 13.5. The summed E-state index contributed by atoms with van der Waals surface area (Å²) < 4.78 is 5.30. The van der Waals surface area contributed by atoms with Crippen molar-refractivity contribution in [2.45, 2.75) is 11.8 Å². The quantitative estimate of drug-likeness (QED) is 0.828. The van der Waals surface area contributed by atoms with Crippen molar-refractivity contribution < 1.29 is 9.53 Å². The van der Waals surface area contributed by atoms with Crippen LogP contribution in [0.5, 0.6) is 5.75 Å². The van der Waals surface area contributed by atoms with Crippen molar-refractivity contribution in [3.05, 3.63) is 24.3 Å². The van der Waals surface area contributed by atoms with E-state index in [1.54, 1.807) is 0 Å². The van der Waals surface area contributed by atoms with E-state index in [-0.39, 0.29) is 10.7 Å². The van der Waals surface area contributed by atoms with Gasteiger partial charge in [-0.3, -0.25) is 4.79 Å². The highest BCUT2D eigenvalue weighted by Gasteiger charge is 2.12. The number of benzene rings is 1. The first-order valence-electron chi connectivity index (χ1n) is 4.91. The fourth-order valence-corrected chi connectivity index (χ4v) is 1.50. The zero-order valence-corrected chi connectivity index (χ0v) is 12.0. The predicted octanol–water partition coefficient (Wildman–Crippen LogP) is 3.18. The van der Waals surface area contributed by atoms with Gasteiger partial charge in [0, 0.05) is 11.0 Å². The molecule has 1 aromatic rings. The Balaban J connectivity index is 2.58. The van der Waals surface area contributed by atoms with Gasteiger partial charge in [0.2, 0.25) is 5.91 Å². The van der Waals surface area contributed by atoms with E-state index in [9.17, 15) is 4.79 Å². The highest BCUT2D eigenvalue weighted by Crippen LogP contribution is 2.16. The smallest absolute Gasteiger partial charge is 0.239 e. The molecule has 0 aliphatic carbocycles. The first-order chi connectivity index (χ1) is 7.67. The van der Waals surface area contributed by atoms with Crippen LogP contribution in [-0.4, -0.2) is 22.7 Å². The Morgan fingerprint density at radius 2 is 2.06 bits per heavy atom. The van der Waals surface area contributed by atoms with Gasteiger partial charge >= 0.3 is 0 Å². The Kier molecular flexibility index (Phi) is 5.84. The van der Waals surface area contributed by atoms with Crippen LogP contribution in [0.3, 0.4) is 0 Å². The van der Waals surface area contributed by atoms with Crippen LogP contribution in [-0.2, 0) is 4.79 Å². The van der Waals surface area contributed by atoms with E-state index >= 15 is 0 Å². The highest BCUT2D eigenvalue weighted by molar-refractivity contribution is 9.12. The van der Waals surface area contributed by atoms with Crippen molar-refractivity contribution >= 4 is 43.5 Å². The number of anilines is 1. The van der Waals surface area contributed by atoms with Crippen LogP contribution in [0, 0.1) is 0 Å². The van der Waals surface area contributed by atoms with Crippen molar-refractivity contribution in [2.75, 3.05) is 17.3 Å². The number of hydrogen-bond acceptors (Lipinski definition) is 2. The fraction of sp³-hybridized carbons (Fsp3) is 0.364. The molecule has 1 N–H and O–H groups in total. The minimum atomic E-state index is -0.223. The topological polar surface area (TPSA) is 38.3 Å². The Labute approximate surface area is 112 Å².